The molecule has 2 atom stereocenters. The molecular weight excluding hydrogens is 342 g/mol. The fraction of sp³-hybridized carbons (Fsp3) is 0.667. The highest BCUT2D eigenvalue weighted by Crippen LogP contribution is 2.30. The van der Waals surface area contributed by atoms with Gasteiger partial charge in [0.05, 0.1) is 5.60 Å². The van der Waals surface area contributed by atoms with E-state index in [9.17, 15) is 15.0 Å². The molecule has 2 N–H and O–H groups in total. The van der Waals surface area contributed by atoms with E-state index in [1.807, 2.05) is 19.9 Å². The molecule has 2 heterocycles. The lowest BCUT2D eigenvalue weighted by Gasteiger charge is -2.39. The van der Waals surface area contributed by atoms with Crippen molar-refractivity contribution in [1.82, 2.24) is 14.7 Å². The van der Waals surface area contributed by atoms with Crippen molar-refractivity contribution in [3.05, 3.63) is 35.9 Å². The molecule has 0 spiro atoms. The predicted octanol–water partition coefficient (Wildman–Crippen LogP) is 2.33. The Morgan fingerprint density at radius 2 is 1.89 bits per heavy atom. The molecule has 1 amide bonds. The molecule has 0 aliphatic carbocycles. The number of rotatable bonds is 6. The van der Waals surface area contributed by atoms with Gasteiger partial charge >= 0.3 is 6.09 Å². The van der Waals surface area contributed by atoms with Gasteiger partial charge in [-0.15, -0.1) is 0 Å². The second-order valence-electron chi connectivity index (χ2n) is 8.31. The molecule has 0 bridgehead atoms. The van der Waals surface area contributed by atoms with Gasteiger partial charge < -0.3 is 20.0 Å². The normalized spacial score (nSPS) is 27.7. The third-order valence-electron chi connectivity index (χ3n) is 6.21. The topological polar surface area (TPSA) is 67.3 Å². The Morgan fingerprint density at radius 1 is 1.22 bits per heavy atom. The van der Waals surface area contributed by atoms with E-state index in [0.717, 1.165) is 45.6 Å². The van der Waals surface area contributed by atoms with Crippen LogP contribution in [0.25, 0.3) is 0 Å². The Labute approximate surface area is 162 Å². The van der Waals surface area contributed by atoms with Gasteiger partial charge in [-0.25, -0.2) is 4.79 Å². The van der Waals surface area contributed by atoms with E-state index in [-0.39, 0.29) is 12.0 Å². The fourth-order valence-electron chi connectivity index (χ4n) is 4.65. The zero-order valence-corrected chi connectivity index (χ0v) is 16.5. The molecule has 2 saturated heterocycles. The number of hydrogen-bond acceptors (Lipinski definition) is 4. The van der Waals surface area contributed by atoms with Gasteiger partial charge in [0.1, 0.15) is 0 Å². The van der Waals surface area contributed by atoms with Crippen molar-refractivity contribution in [2.45, 2.75) is 44.9 Å². The SMILES string of the molecule is CCN(C(=O)O)C1CCN(CC2CN(Cc3ccccc3)CC2(C)O)CC1. The van der Waals surface area contributed by atoms with Crippen LogP contribution in [0.15, 0.2) is 30.3 Å². The van der Waals surface area contributed by atoms with E-state index in [1.165, 1.54) is 5.56 Å². The zero-order valence-electron chi connectivity index (χ0n) is 16.5. The maximum Gasteiger partial charge on any atom is 0.407 e. The summed E-state index contributed by atoms with van der Waals surface area (Å²) < 4.78 is 0. The minimum atomic E-state index is -0.814. The van der Waals surface area contributed by atoms with E-state index in [0.29, 0.717) is 13.1 Å². The summed E-state index contributed by atoms with van der Waals surface area (Å²) in [6.45, 7) is 9.56. The monoisotopic (exact) mass is 375 g/mol. The Balaban J connectivity index is 1.51. The molecule has 6 nitrogen and oxygen atoms in total. The Bertz CT molecular complexity index is 614. The molecule has 0 aromatic heterocycles. The van der Waals surface area contributed by atoms with Gasteiger partial charge in [-0.2, -0.15) is 0 Å². The summed E-state index contributed by atoms with van der Waals surface area (Å²) >= 11 is 0. The first-order chi connectivity index (χ1) is 12.9. The van der Waals surface area contributed by atoms with Crippen LogP contribution in [-0.2, 0) is 6.54 Å². The third kappa shape index (κ3) is 5.00. The van der Waals surface area contributed by atoms with Gasteiger partial charge in [0.15, 0.2) is 0 Å². The highest BCUT2D eigenvalue weighted by atomic mass is 16.4. The number of benzene rings is 1. The number of piperidine rings is 1. The number of amides is 1. The molecule has 0 saturated carbocycles. The summed E-state index contributed by atoms with van der Waals surface area (Å²) in [7, 11) is 0. The summed E-state index contributed by atoms with van der Waals surface area (Å²) in [5.74, 6) is 0.222. The van der Waals surface area contributed by atoms with Crippen LogP contribution in [-0.4, -0.2) is 81.9 Å². The third-order valence-corrected chi connectivity index (χ3v) is 6.21. The van der Waals surface area contributed by atoms with E-state index in [2.05, 4.69) is 34.1 Å². The van der Waals surface area contributed by atoms with Crippen molar-refractivity contribution in [3.63, 3.8) is 0 Å². The van der Waals surface area contributed by atoms with Crippen molar-refractivity contribution in [2.24, 2.45) is 5.92 Å². The quantitative estimate of drug-likeness (QED) is 0.799. The number of aliphatic hydroxyl groups is 1. The van der Waals surface area contributed by atoms with Crippen LogP contribution in [0.2, 0.25) is 0 Å². The van der Waals surface area contributed by atoms with E-state index in [1.54, 1.807) is 4.90 Å². The van der Waals surface area contributed by atoms with Gasteiger partial charge in [-0.05, 0) is 32.3 Å². The summed E-state index contributed by atoms with van der Waals surface area (Å²) in [5, 5.41) is 20.2. The molecule has 2 aliphatic rings. The van der Waals surface area contributed by atoms with Crippen molar-refractivity contribution < 1.29 is 15.0 Å². The first-order valence-corrected chi connectivity index (χ1v) is 10.1. The largest absolute Gasteiger partial charge is 0.465 e. The molecule has 0 radical (unpaired) electrons. The molecular formula is C21H33N3O3. The standard InChI is InChI=1S/C21H33N3O3/c1-3-24(20(25)26)19-9-11-22(12-10-19)14-18-15-23(16-21(18,2)27)13-17-7-5-4-6-8-17/h4-8,18-19,27H,3,9-16H2,1-2H3,(H,25,26). The Morgan fingerprint density at radius 3 is 2.48 bits per heavy atom. The highest BCUT2D eigenvalue weighted by Gasteiger charge is 2.42. The second kappa shape index (κ2) is 8.59. The van der Waals surface area contributed by atoms with Gasteiger partial charge in [0.25, 0.3) is 0 Å². The van der Waals surface area contributed by atoms with Crippen LogP contribution in [0.5, 0.6) is 0 Å². The van der Waals surface area contributed by atoms with Gasteiger partial charge in [-0.1, -0.05) is 30.3 Å². The van der Waals surface area contributed by atoms with Gasteiger partial charge in [0, 0.05) is 57.8 Å². The number of nitrogens with zero attached hydrogens (tertiary/aromatic N) is 3. The number of carbonyl (C=O) groups is 1. The molecule has 1 aromatic carbocycles. The van der Waals surface area contributed by atoms with Crippen LogP contribution in [0.3, 0.4) is 0 Å². The maximum atomic E-state index is 11.3. The zero-order chi connectivity index (χ0) is 19.4. The van der Waals surface area contributed by atoms with Crippen LogP contribution in [0.4, 0.5) is 4.79 Å². The van der Waals surface area contributed by atoms with Crippen LogP contribution in [0, 0.1) is 5.92 Å². The summed E-state index contributed by atoms with van der Waals surface area (Å²) in [4.78, 5) is 17.6. The molecule has 150 valence electrons. The van der Waals surface area contributed by atoms with Gasteiger partial charge in [0.2, 0.25) is 0 Å². The van der Waals surface area contributed by atoms with E-state index < -0.39 is 11.7 Å². The van der Waals surface area contributed by atoms with Crippen molar-refractivity contribution in [3.8, 4) is 0 Å². The lowest BCUT2D eigenvalue weighted by atomic mass is 9.91. The minimum Gasteiger partial charge on any atom is -0.465 e. The predicted molar refractivity (Wildman–Crippen MR) is 106 cm³/mol. The van der Waals surface area contributed by atoms with Crippen LogP contribution < -0.4 is 0 Å². The van der Waals surface area contributed by atoms with Crippen LogP contribution >= 0.6 is 0 Å². The lowest BCUT2D eigenvalue weighted by molar-refractivity contribution is 0.0100. The molecule has 1 aromatic rings. The van der Waals surface area contributed by atoms with E-state index >= 15 is 0 Å². The number of β-amino-alcohol motifs (C(OH)–C–C–N with tert-alkyl or cyclic N) is 1. The molecule has 3 rings (SSSR count). The average Bonchev–Trinajstić information content (AvgIpc) is 2.90. The summed E-state index contributed by atoms with van der Waals surface area (Å²) in [6.07, 6.45) is 0.942. The molecule has 2 fully saturated rings. The fourth-order valence-corrected chi connectivity index (χ4v) is 4.65. The van der Waals surface area contributed by atoms with Crippen molar-refractivity contribution in [1.29, 1.82) is 0 Å². The number of carboxylic acid groups (broad SMARTS) is 1. The minimum absolute atomic E-state index is 0.127. The first kappa shape index (κ1) is 20.1. The number of hydrogen-bond donors (Lipinski definition) is 2. The maximum absolute atomic E-state index is 11.3. The van der Waals surface area contributed by atoms with E-state index in [4.69, 9.17) is 0 Å². The Hall–Kier alpha value is -1.63. The molecule has 6 heteroatoms. The molecule has 2 unspecified atom stereocenters. The summed E-state index contributed by atoms with van der Waals surface area (Å²) in [6, 6.07) is 10.5. The van der Waals surface area contributed by atoms with Crippen molar-refractivity contribution in [2.75, 3.05) is 39.3 Å². The second-order valence-corrected chi connectivity index (χ2v) is 8.31. The molecule has 2 aliphatic heterocycles. The Kier molecular flexibility index (Phi) is 6.40. The lowest BCUT2D eigenvalue weighted by Crippen LogP contribution is -2.49. The van der Waals surface area contributed by atoms with Gasteiger partial charge in [-0.3, -0.25) is 4.90 Å². The number of likely N-dealkylation sites (tertiary alicyclic amines) is 2. The highest BCUT2D eigenvalue weighted by molar-refractivity contribution is 5.65. The molecule has 27 heavy (non-hydrogen) atoms. The first-order valence-electron chi connectivity index (χ1n) is 10.1. The smallest absolute Gasteiger partial charge is 0.407 e. The van der Waals surface area contributed by atoms with Crippen molar-refractivity contribution >= 4 is 6.09 Å². The van der Waals surface area contributed by atoms with Crippen LogP contribution in [0.1, 0.15) is 32.3 Å². The average molecular weight is 376 g/mol. The summed E-state index contributed by atoms with van der Waals surface area (Å²) in [5.41, 5.74) is 0.602.